The molecular formula is C14H18N2O3. The number of nitrogens with one attached hydrogen (secondary N) is 1. The lowest BCUT2D eigenvalue weighted by molar-refractivity contribution is -0.136. The third kappa shape index (κ3) is 3.32. The lowest BCUT2D eigenvalue weighted by Crippen LogP contribution is -2.50. The van der Waals surface area contributed by atoms with Crippen LogP contribution in [0.3, 0.4) is 0 Å². The smallest absolute Gasteiger partial charge is 0.307 e. The minimum Gasteiger partial charge on any atom is -0.481 e. The molecule has 1 atom stereocenters. The van der Waals surface area contributed by atoms with Crippen LogP contribution >= 0.6 is 0 Å². The number of nitrogens with two attached hydrogens (primary N) is 1. The number of aliphatic carboxylic acids is 1. The summed E-state index contributed by atoms with van der Waals surface area (Å²) >= 11 is 0. The van der Waals surface area contributed by atoms with E-state index in [-0.39, 0.29) is 18.2 Å². The summed E-state index contributed by atoms with van der Waals surface area (Å²) in [4.78, 5) is 22.6. The highest BCUT2D eigenvalue weighted by Gasteiger charge is 2.44. The molecule has 1 aliphatic rings. The van der Waals surface area contributed by atoms with E-state index in [2.05, 4.69) is 5.32 Å². The summed E-state index contributed by atoms with van der Waals surface area (Å²) in [5.41, 5.74) is 6.52. The first kappa shape index (κ1) is 13.5. The Kier molecular flexibility index (Phi) is 3.57. The maximum Gasteiger partial charge on any atom is 0.307 e. The molecule has 1 fully saturated rings. The second-order valence-electron chi connectivity index (χ2n) is 5.28. The Labute approximate surface area is 111 Å². The first-order valence-corrected chi connectivity index (χ1v) is 6.30. The number of amides is 1. The van der Waals surface area contributed by atoms with Crippen LogP contribution in [0.2, 0.25) is 0 Å². The molecule has 5 heteroatoms. The van der Waals surface area contributed by atoms with Crippen LogP contribution in [0.15, 0.2) is 24.3 Å². The molecule has 102 valence electrons. The summed E-state index contributed by atoms with van der Waals surface area (Å²) in [5.74, 6) is -0.806. The van der Waals surface area contributed by atoms with Gasteiger partial charge in [0, 0.05) is 5.69 Å². The summed E-state index contributed by atoms with van der Waals surface area (Å²) in [6.45, 7) is 1.75. The van der Waals surface area contributed by atoms with Gasteiger partial charge in [-0.05, 0) is 43.4 Å². The first-order valence-electron chi connectivity index (χ1n) is 6.30. The normalized spacial score (nSPS) is 17.6. The number of benzene rings is 1. The third-order valence-electron chi connectivity index (χ3n) is 3.48. The van der Waals surface area contributed by atoms with E-state index in [1.165, 1.54) is 0 Å². The van der Waals surface area contributed by atoms with Gasteiger partial charge in [0.05, 0.1) is 12.0 Å². The van der Waals surface area contributed by atoms with Crippen molar-refractivity contribution < 1.29 is 14.7 Å². The van der Waals surface area contributed by atoms with Gasteiger partial charge in [0.25, 0.3) is 0 Å². The molecular weight excluding hydrogens is 244 g/mol. The van der Waals surface area contributed by atoms with Crippen molar-refractivity contribution in [1.82, 2.24) is 0 Å². The van der Waals surface area contributed by atoms with Gasteiger partial charge < -0.3 is 16.2 Å². The van der Waals surface area contributed by atoms with Crippen molar-refractivity contribution in [2.45, 2.75) is 31.7 Å². The van der Waals surface area contributed by atoms with Crippen LogP contribution in [-0.4, -0.2) is 22.5 Å². The van der Waals surface area contributed by atoms with Crippen molar-refractivity contribution in [3.05, 3.63) is 29.8 Å². The third-order valence-corrected chi connectivity index (χ3v) is 3.48. The topological polar surface area (TPSA) is 92.4 Å². The Morgan fingerprint density at radius 1 is 1.37 bits per heavy atom. The van der Waals surface area contributed by atoms with Gasteiger partial charge in [-0.15, -0.1) is 0 Å². The highest BCUT2D eigenvalue weighted by Crippen LogP contribution is 2.38. The Balaban J connectivity index is 1.99. The Morgan fingerprint density at radius 2 is 1.95 bits per heavy atom. The SMILES string of the molecule is CC(N)(C(=O)Nc1ccc(CC(=O)O)cc1)C1CC1. The fourth-order valence-corrected chi connectivity index (χ4v) is 2.01. The van der Waals surface area contributed by atoms with Gasteiger partial charge in [-0.3, -0.25) is 9.59 Å². The number of rotatable bonds is 5. The van der Waals surface area contributed by atoms with Crippen molar-refractivity contribution in [2.24, 2.45) is 11.7 Å². The zero-order valence-corrected chi connectivity index (χ0v) is 10.8. The van der Waals surface area contributed by atoms with E-state index in [1.54, 1.807) is 31.2 Å². The van der Waals surface area contributed by atoms with E-state index in [1.807, 2.05) is 0 Å². The van der Waals surface area contributed by atoms with Crippen LogP contribution in [0.4, 0.5) is 5.69 Å². The van der Waals surface area contributed by atoms with Crippen LogP contribution in [0, 0.1) is 5.92 Å². The number of carboxylic acid groups (broad SMARTS) is 1. The van der Waals surface area contributed by atoms with E-state index in [4.69, 9.17) is 10.8 Å². The van der Waals surface area contributed by atoms with Crippen LogP contribution in [0.1, 0.15) is 25.3 Å². The van der Waals surface area contributed by atoms with Crippen molar-refractivity contribution in [3.8, 4) is 0 Å². The summed E-state index contributed by atoms with van der Waals surface area (Å²) in [6.07, 6.45) is 1.97. The van der Waals surface area contributed by atoms with Crippen LogP contribution in [0.5, 0.6) is 0 Å². The van der Waals surface area contributed by atoms with E-state index in [0.29, 0.717) is 11.3 Å². The van der Waals surface area contributed by atoms with Gasteiger partial charge in [-0.25, -0.2) is 0 Å². The van der Waals surface area contributed by atoms with Gasteiger partial charge in [0.15, 0.2) is 0 Å². The van der Waals surface area contributed by atoms with Gasteiger partial charge in [0.1, 0.15) is 0 Å². The highest BCUT2D eigenvalue weighted by molar-refractivity contribution is 5.98. The monoisotopic (exact) mass is 262 g/mol. The Hall–Kier alpha value is -1.88. The predicted molar refractivity (Wildman–Crippen MR) is 71.7 cm³/mol. The van der Waals surface area contributed by atoms with Crippen molar-refractivity contribution in [1.29, 1.82) is 0 Å². The van der Waals surface area contributed by atoms with E-state index in [0.717, 1.165) is 12.8 Å². The highest BCUT2D eigenvalue weighted by atomic mass is 16.4. The quantitative estimate of drug-likeness (QED) is 0.747. The molecule has 1 aliphatic carbocycles. The summed E-state index contributed by atoms with van der Waals surface area (Å²) in [5, 5.41) is 11.4. The number of carbonyl (C=O) groups is 2. The number of carboxylic acids is 1. The molecule has 2 rings (SSSR count). The van der Waals surface area contributed by atoms with Crippen LogP contribution in [-0.2, 0) is 16.0 Å². The largest absolute Gasteiger partial charge is 0.481 e. The van der Waals surface area contributed by atoms with E-state index in [9.17, 15) is 9.59 Å². The van der Waals surface area contributed by atoms with E-state index < -0.39 is 11.5 Å². The van der Waals surface area contributed by atoms with Crippen LogP contribution < -0.4 is 11.1 Å². The van der Waals surface area contributed by atoms with Gasteiger partial charge in [0.2, 0.25) is 5.91 Å². The first-order chi connectivity index (χ1) is 8.89. The molecule has 0 aliphatic heterocycles. The standard InChI is InChI=1S/C14H18N2O3/c1-14(15,10-4-5-10)13(19)16-11-6-2-9(3-7-11)8-12(17)18/h2-3,6-7,10H,4-5,8,15H2,1H3,(H,16,19)(H,17,18). The molecule has 1 unspecified atom stereocenters. The summed E-state index contributed by atoms with van der Waals surface area (Å²) in [7, 11) is 0. The molecule has 4 N–H and O–H groups in total. The average Bonchev–Trinajstić information content (AvgIpc) is 3.15. The summed E-state index contributed by atoms with van der Waals surface area (Å²) in [6, 6.07) is 6.77. The van der Waals surface area contributed by atoms with Crippen molar-refractivity contribution in [2.75, 3.05) is 5.32 Å². The number of carbonyl (C=O) groups excluding carboxylic acids is 1. The van der Waals surface area contributed by atoms with Gasteiger partial charge >= 0.3 is 5.97 Å². The molecule has 19 heavy (non-hydrogen) atoms. The average molecular weight is 262 g/mol. The number of hydrogen-bond donors (Lipinski definition) is 3. The fourth-order valence-electron chi connectivity index (χ4n) is 2.01. The molecule has 1 aromatic rings. The fraction of sp³-hybridized carbons (Fsp3) is 0.429. The van der Waals surface area contributed by atoms with Gasteiger partial charge in [-0.2, -0.15) is 0 Å². The number of anilines is 1. The zero-order chi connectivity index (χ0) is 14.0. The molecule has 0 radical (unpaired) electrons. The summed E-state index contributed by atoms with van der Waals surface area (Å²) < 4.78 is 0. The maximum atomic E-state index is 12.0. The lowest BCUT2D eigenvalue weighted by atomic mass is 9.96. The molecule has 0 bridgehead atoms. The second kappa shape index (κ2) is 5.01. The van der Waals surface area contributed by atoms with Crippen molar-refractivity contribution >= 4 is 17.6 Å². The minimum atomic E-state index is -0.875. The Morgan fingerprint density at radius 3 is 2.42 bits per heavy atom. The van der Waals surface area contributed by atoms with Crippen LogP contribution in [0.25, 0.3) is 0 Å². The molecule has 1 amide bonds. The van der Waals surface area contributed by atoms with Crippen molar-refractivity contribution in [3.63, 3.8) is 0 Å². The minimum absolute atomic E-state index is 0.0229. The van der Waals surface area contributed by atoms with E-state index >= 15 is 0 Å². The molecule has 0 aromatic heterocycles. The molecule has 5 nitrogen and oxygen atoms in total. The predicted octanol–water partition coefficient (Wildman–Crippen LogP) is 1.38. The number of hydrogen-bond acceptors (Lipinski definition) is 3. The maximum absolute atomic E-state index is 12.0. The molecule has 0 heterocycles. The zero-order valence-electron chi connectivity index (χ0n) is 10.8. The van der Waals surface area contributed by atoms with Gasteiger partial charge in [-0.1, -0.05) is 12.1 Å². The lowest BCUT2D eigenvalue weighted by Gasteiger charge is -2.23. The molecule has 0 saturated heterocycles. The second-order valence-corrected chi connectivity index (χ2v) is 5.28. The molecule has 1 aromatic carbocycles. The Bertz CT molecular complexity index is 490. The molecule has 0 spiro atoms. The molecule has 1 saturated carbocycles.